The van der Waals surface area contributed by atoms with Gasteiger partial charge >= 0.3 is 0 Å². The van der Waals surface area contributed by atoms with Crippen LogP contribution in [0.2, 0.25) is 0 Å². The molecule has 6 nitrogen and oxygen atoms in total. The standard InChI is InChI=1S/C20H20N3O3/c1-13(2)11-18(19(22)24)23-20(25)15-5-9-17(10-6-15)26-16-7-3-14(12-21)4-8-16/h3-10,13,18,22H,11H2,1-2H3,(H,23,25)/t18-/m0/s1. The molecule has 2 aromatic carbocycles. The largest absolute Gasteiger partial charge is 0.457 e. The fraction of sp³-hybridized carbons (Fsp3) is 0.250. The first-order valence-corrected chi connectivity index (χ1v) is 8.23. The van der Waals surface area contributed by atoms with Gasteiger partial charge in [-0.1, -0.05) is 13.8 Å². The van der Waals surface area contributed by atoms with Gasteiger partial charge in [-0.3, -0.25) is 15.3 Å². The van der Waals surface area contributed by atoms with Crippen LogP contribution in [0.3, 0.4) is 0 Å². The summed E-state index contributed by atoms with van der Waals surface area (Å²) in [5.41, 5.74) is 8.21. The third kappa shape index (κ3) is 5.35. The zero-order valence-electron chi connectivity index (χ0n) is 14.7. The molecule has 2 aromatic rings. The van der Waals surface area contributed by atoms with Gasteiger partial charge in [0.2, 0.25) is 0 Å². The van der Waals surface area contributed by atoms with Gasteiger partial charge in [-0.05, 0) is 60.9 Å². The lowest BCUT2D eigenvalue weighted by Crippen LogP contribution is -2.42. The van der Waals surface area contributed by atoms with Crippen LogP contribution in [-0.2, 0) is 4.79 Å². The van der Waals surface area contributed by atoms with Crippen molar-refractivity contribution in [3.8, 4) is 17.6 Å². The number of amides is 2. The minimum Gasteiger partial charge on any atom is -0.457 e. The van der Waals surface area contributed by atoms with E-state index in [0.717, 1.165) is 0 Å². The molecule has 2 N–H and O–H groups in total. The summed E-state index contributed by atoms with van der Waals surface area (Å²) in [6.07, 6.45) is 0.425. The van der Waals surface area contributed by atoms with Crippen molar-refractivity contribution in [1.82, 2.24) is 11.1 Å². The van der Waals surface area contributed by atoms with E-state index >= 15 is 0 Å². The number of rotatable bonds is 7. The Hall–Kier alpha value is -3.33. The van der Waals surface area contributed by atoms with Gasteiger partial charge in [0.25, 0.3) is 11.8 Å². The van der Waals surface area contributed by atoms with Crippen molar-refractivity contribution in [1.29, 1.82) is 5.26 Å². The highest BCUT2D eigenvalue weighted by Crippen LogP contribution is 2.22. The molecule has 2 amide bonds. The Labute approximate surface area is 152 Å². The van der Waals surface area contributed by atoms with Crippen molar-refractivity contribution < 1.29 is 14.3 Å². The van der Waals surface area contributed by atoms with Gasteiger partial charge in [0.05, 0.1) is 11.6 Å². The molecule has 133 valence electrons. The van der Waals surface area contributed by atoms with Gasteiger partial charge < -0.3 is 10.1 Å². The Balaban J connectivity index is 2.02. The summed E-state index contributed by atoms with van der Waals surface area (Å²) in [5, 5.41) is 11.4. The van der Waals surface area contributed by atoms with Crippen LogP contribution >= 0.6 is 0 Å². The molecule has 0 aliphatic rings. The quantitative estimate of drug-likeness (QED) is 0.827. The van der Waals surface area contributed by atoms with E-state index in [0.29, 0.717) is 29.0 Å². The van der Waals surface area contributed by atoms with Gasteiger partial charge in [-0.2, -0.15) is 5.26 Å². The number of carbonyl (C=O) groups excluding carboxylic acids is 2. The van der Waals surface area contributed by atoms with Crippen molar-refractivity contribution in [2.24, 2.45) is 5.92 Å². The molecule has 6 heteroatoms. The number of benzene rings is 2. The zero-order chi connectivity index (χ0) is 19.1. The summed E-state index contributed by atoms with van der Waals surface area (Å²) >= 11 is 0. The van der Waals surface area contributed by atoms with Crippen LogP contribution in [0.1, 0.15) is 36.2 Å². The summed E-state index contributed by atoms with van der Waals surface area (Å²) in [7, 11) is 0. The predicted molar refractivity (Wildman–Crippen MR) is 96.5 cm³/mol. The molecule has 0 fully saturated rings. The highest BCUT2D eigenvalue weighted by Gasteiger charge is 2.20. The SMILES string of the molecule is CC(C)C[C@H](NC(=O)c1ccc(Oc2ccc(C#N)cc2)cc1)C([NH])=O. The van der Waals surface area contributed by atoms with E-state index in [2.05, 4.69) is 5.32 Å². The van der Waals surface area contributed by atoms with Crippen molar-refractivity contribution >= 4 is 11.8 Å². The number of ether oxygens (including phenoxy) is 1. The highest BCUT2D eigenvalue weighted by atomic mass is 16.5. The minimum absolute atomic E-state index is 0.192. The van der Waals surface area contributed by atoms with E-state index in [-0.39, 0.29) is 5.92 Å². The molecule has 0 saturated heterocycles. The molecule has 0 bridgehead atoms. The van der Waals surface area contributed by atoms with E-state index in [4.69, 9.17) is 15.7 Å². The normalized spacial score (nSPS) is 11.5. The average molecular weight is 350 g/mol. The lowest BCUT2D eigenvalue weighted by molar-refractivity contribution is -0.120. The molecule has 0 saturated carbocycles. The first-order valence-electron chi connectivity index (χ1n) is 8.23. The van der Waals surface area contributed by atoms with Crippen molar-refractivity contribution in [2.75, 3.05) is 0 Å². The van der Waals surface area contributed by atoms with Crippen molar-refractivity contribution in [2.45, 2.75) is 26.3 Å². The summed E-state index contributed by atoms with van der Waals surface area (Å²) in [6.45, 7) is 3.86. The zero-order valence-corrected chi connectivity index (χ0v) is 14.7. The first-order chi connectivity index (χ1) is 12.4. The van der Waals surface area contributed by atoms with Gasteiger partial charge in [-0.25, -0.2) is 0 Å². The Bertz CT molecular complexity index is 806. The summed E-state index contributed by atoms with van der Waals surface area (Å²) in [4.78, 5) is 23.6. The number of nitrogens with zero attached hydrogens (tertiary/aromatic N) is 1. The number of hydrogen-bond acceptors (Lipinski definition) is 4. The molecule has 1 radical (unpaired) electrons. The molecule has 0 aliphatic heterocycles. The number of hydrogen-bond donors (Lipinski definition) is 1. The second-order valence-electron chi connectivity index (χ2n) is 6.28. The van der Waals surface area contributed by atoms with E-state index in [1.165, 1.54) is 0 Å². The number of nitriles is 1. The Morgan fingerprint density at radius 3 is 2.08 bits per heavy atom. The molecule has 0 aromatic heterocycles. The maximum atomic E-state index is 12.3. The first kappa shape index (κ1) is 19.0. The second-order valence-corrected chi connectivity index (χ2v) is 6.28. The highest BCUT2D eigenvalue weighted by molar-refractivity contribution is 5.97. The third-order valence-electron chi connectivity index (χ3n) is 3.66. The third-order valence-corrected chi connectivity index (χ3v) is 3.66. The number of carbonyl (C=O) groups is 2. The maximum absolute atomic E-state index is 12.3. The Morgan fingerprint density at radius 2 is 1.62 bits per heavy atom. The van der Waals surface area contributed by atoms with Crippen LogP contribution in [0.5, 0.6) is 11.5 Å². The van der Waals surface area contributed by atoms with Gasteiger partial charge in [0, 0.05) is 5.56 Å². The van der Waals surface area contributed by atoms with Crippen LogP contribution in [0.25, 0.3) is 0 Å². The van der Waals surface area contributed by atoms with Crippen LogP contribution in [0.15, 0.2) is 48.5 Å². The predicted octanol–water partition coefficient (Wildman–Crippen LogP) is 3.30. The molecule has 0 unspecified atom stereocenters. The van der Waals surface area contributed by atoms with Gasteiger partial charge in [-0.15, -0.1) is 0 Å². The molecular formula is C20H20N3O3. The smallest absolute Gasteiger partial charge is 0.260 e. The van der Waals surface area contributed by atoms with Crippen molar-refractivity contribution in [3.05, 3.63) is 59.7 Å². The fourth-order valence-corrected chi connectivity index (χ4v) is 2.35. The molecule has 0 heterocycles. The van der Waals surface area contributed by atoms with Crippen LogP contribution < -0.4 is 15.8 Å². The molecule has 2 rings (SSSR count). The van der Waals surface area contributed by atoms with Crippen LogP contribution in [0.4, 0.5) is 0 Å². The monoisotopic (exact) mass is 350 g/mol. The van der Waals surface area contributed by atoms with E-state index < -0.39 is 17.9 Å². The second kappa shape index (κ2) is 8.67. The lowest BCUT2D eigenvalue weighted by atomic mass is 10.0. The fourth-order valence-electron chi connectivity index (χ4n) is 2.35. The average Bonchev–Trinajstić information content (AvgIpc) is 2.62. The van der Waals surface area contributed by atoms with E-state index in [9.17, 15) is 9.59 Å². The van der Waals surface area contributed by atoms with Crippen molar-refractivity contribution in [3.63, 3.8) is 0 Å². The molecule has 1 atom stereocenters. The minimum atomic E-state index is -0.808. The molecule has 0 aliphatic carbocycles. The van der Waals surface area contributed by atoms with Crippen LogP contribution in [0, 0.1) is 17.2 Å². The summed E-state index contributed by atoms with van der Waals surface area (Å²) < 4.78 is 5.66. The Morgan fingerprint density at radius 1 is 1.08 bits per heavy atom. The maximum Gasteiger partial charge on any atom is 0.260 e. The topological polar surface area (TPSA) is 103 Å². The van der Waals surface area contributed by atoms with Gasteiger partial charge in [0.1, 0.15) is 17.5 Å². The summed E-state index contributed by atoms with van der Waals surface area (Å²) in [6, 6.07) is 14.4. The molecule has 0 spiro atoms. The van der Waals surface area contributed by atoms with E-state index in [1.807, 2.05) is 19.9 Å². The lowest BCUT2D eigenvalue weighted by Gasteiger charge is -2.17. The number of nitrogens with one attached hydrogen (secondary N) is 2. The van der Waals surface area contributed by atoms with Gasteiger partial charge in [0.15, 0.2) is 0 Å². The van der Waals surface area contributed by atoms with Crippen LogP contribution in [-0.4, -0.2) is 17.9 Å². The summed E-state index contributed by atoms with van der Waals surface area (Å²) in [5.74, 6) is 0.117. The van der Waals surface area contributed by atoms with E-state index in [1.54, 1.807) is 48.5 Å². The Kier molecular flexibility index (Phi) is 6.34. The molecule has 26 heavy (non-hydrogen) atoms. The molecular weight excluding hydrogens is 330 g/mol.